The van der Waals surface area contributed by atoms with Crippen molar-refractivity contribution in [3.8, 4) is 0 Å². The summed E-state index contributed by atoms with van der Waals surface area (Å²) < 4.78 is 0. The van der Waals surface area contributed by atoms with Crippen molar-refractivity contribution < 1.29 is 9.59 Å². The van der Waals surface area contributed by atoms with Crippen LogP contribution in [0, 0.1) is 0 Å². The molecule has 23 heavy (non-hydrogen) atoms. The van der Waals surface area contributed by atoms with Crippen LogP contribution in [0.3, 0.4) is 0 Å². The Morgan fingerprint density at radius 1 is 1.17 bits per heavy atom. The Hall–Kier alpha value is -1.92. The second kappa shape index (κ2) is 7.57. The fourth-order valence-corrected chi connectivity index (χ4v) is 2.80. The van der Waals surface area contributed by atoms with E-state index in [1.165, 1.54) is 0 Å². The van der Waals surface area contributed by atoms with Crippen molar-refractivity contribution in [1.82, 2.24) is 15.1 Å². The Morgan fingerprint density at radius 3 is 2.35 bits per heavy atom. The van der Waals surface area contributed by atoms with Gasteiger partial charge in [-0.25, -0.2) is 0 Å². The fourth-order valence-electron chi connectivity index (χ4n) is 2.80. The summed E-state index contributed by atoms with van der Waals surface area (Å²) in [6.07, 6.45) is 0. The first-order valence-corrected chi connectivity index (χ1v) is 8.08. The van der Waals surface area contributed by atoms with E-state index < -0.39 is 5.54 Å². The van der Waals surface area contributed by atoms with E-state index in [1.807, 2.05) is 37.3 Å². The van der Waals surface area contributed by atoms with Crippen LogP contribution in [0.2, 0.25) is 0 Å². The van der Waals surface area contributed by atoms with Gasteiger partial charge in [0, 0.05) is 32.7 Å². The summed E-state index contributed by atoms with van der Waals surface area (Å²) in [5.74, 6) is -0.0402. The smallest absolute Gasteiger partial charge is 0.247 e. The summed E-state index contributed by atoms with van der Waals surface area (Å²) in [7, 11) is 0. The lowest BCUT2D eigenvalue weighted by Gasteiger charge is -2.38. The first kappa shape index (κ1) is 17.4. The zero-order valence-electron chi connectivity index (χ0n) is 13.9. The number of likely N-dealkylation sites (N-methyl/N-ethyl adjacent to an activating group) is 1. The minimum absolute atomic E-state index is 0.0280. The molecular formula is C17H26N4O2. The summed E-state index contributed by atoms with van der Waals surface area (Å²) in [6, 6.07) is 9.44. The van der Waals surface area contributed by atoms with Crippen LogP contribution in [0.5, 0.6) is 0 Å². The SMILES string of the molecule is CCNC(=O)CN1CCN(C(=O)C(C)(N)c2ccccc2)CC1. The van der Waals surface area contributed by atoms with Gasteiger partial charge in [0.15, 0.2) is 0 Å². The molecule has 0 bridgehead atoms. The maximum Gasteiger partial charge on any atom is 0.247 e. The summed E-state index contributed by atoms with van der Waals surface area (Å²) in [5.41, 5.74) is 6.09. The Bertz CT molecular complexity index is 537. The first-order valence-electron chi connectivity index (χ1n) is 8.08. The largest absolute Gasteiger partial charge is 0.355 e. The lowest BCUT2D eigenvalue weighted by atomic mass is 9.91. The quantitative estimate of drug-likeness (QED) is 0.809. The van der Waals surface area contributed by atoms with Gasteiger partial charge in [-0.3, -0.25) is 14.5 Å². The van der Waals surface area contributed by atoms with Gasteiger partial charge in [-0.1, -0.05) is 30.3 Å². The molecule has 1 aliphatic heterocycles. The summed E-state index contributed by atoms with van der Waals surface area (Å²) in [4.78, 5) is 28.2. The van der Waals surface area contributed by atoms with Gasteiger partial charge in [-0.15, -0.1) is 0 Å². The molecule has 0 aliphatic carbocycles. The second-order valence-electron chi connectivity index (χ2n) is 6.09. The fraction of sp³-hybridized carbons (Fsp3) is 0.529. The number of hydrogen-bond acceptors (Lipinski definition) is 4. The molecule has 0 spiro atoms. The van der Waals surface area contributed by atoms with Crippen LogP contribution in [-0.4, -0.2) is 60.9 Å². The number of nitrogens with one attached hydrogen (secondary N) is 1. The average molecular weight is 318 g/mol. The molecule has 1 fully saturated rings. The predicted molar refractivity (Wildman–Crippen MR) is 89.7 cm³/mol. The first-order chi connectivity index (χ1) is 10.9. The summed E-state index contributed by atoms with van der Waals surface area (Å²) >= 11 is 0. The van der Waals surface area contributed by atoms with E-state index in [4.69, 9.17) is 5.73 Å². The van der Waals surface area contributed by atoms with E-state index in [2.05, 4.69) is 10.2 Å². The molecule has 2 amide bonds. The minimum Gasteiger partial charge on any atom is -0.355 e. The topological polar surface area (TPSA) is 78.7 Å². The highest BCUT2D eigenvalue weighted by Crippen LogP contribution is 2.21. The number of nitrogens with two attached hydrogens (primary N) is 1. The van der Waals surface area contributed by atoms with Crippen molar-refractivity contribution in [3.05, 3.63) is 35.9 Å². The molecule has 1 unspecified atom stereocenters. The molecule has 3 N–H and O–H groups in total. The number of carbonyl (C=O) groups is 2. The molecule has 2 rings (SSSR count). The molecule has 1 heterocycles. The molecule has 1 aliphatic rings. The number of hydrogen-bond donors (Lipinski definition) is 2. The number of carbonyl (C=O) groups excluding carboxylic acids is 2. The monoisotopic (exact) mass is 318 g/mol. The van der Waals surface area contributed by atoms with Crippen LogP contribution in [0.4, 0.5) is 0 Å². The number of rotatable bonds is 5. The van der Waals surface area contributed by atoms with Gasteiger partial charge >= 0.3 is 0 Å². The molecule has 0 saturated carbocycles. The Kier molecular flexibility index (Phi) is 5.74. The van der Waals surface area contributed by atoms with Crippen molar-refractivity contribution in [2.24, 2.45) is 5.73 Å². The van der Waals surface area contributed by atoms with Crippen LogP contribution in [-0.2, 0) is 15.1 Å². The van der Waals surface area contributed by atoms with Crippen molar-refractivity contribution in [2.75, 3.05) is 39.3 Å². The van der Waals surface area contributed by atoms with Gasteiger partial charge in [-0.05, 0) is 19.4 Å². The van der Waals surface area contributed by atoms with Crippen molar-refractivity contribution in [3.63, 3.8) is 0 Å². The number of piperazine rings is 1. The van der Waals surface area contributed by atoms with Crippen molar-refractivity contribution in [2.45, 2.75) is 19.4 Å². The Balaban J connectivity index is 1.92. The third kappa shape index (κ3) is 4.30. The molecule has 126 valence electrons. The minimum atomic E-state index is -1.02. The maximum atomic E-state index is 12.8. The highest BCUT2D eigenvalue weighted by Gasteiger charge is 2.35. The Morgan fingerprint density at radius 2 is 1.78 bits per heavy atom. The van der Waals surface area contributed by atoms with Crippen LogP contribution >= 0.6 is 0 Å². The average Bonchev–Trinajstić information content (AvgIpc) is 2.56. The van der Waals surface area contributed by atoms with Gasteiger partial charge in [0.05, 0.1) is 6.54 Å². The van der Waals surface area contributed by atoms with Gasteiger partial charge < -0.3 is 16.0 Å². The van der Waals surface area contributed by atoms with Crippen LogP contribution in [0.1, 0.15) is 19.4 Å². The van der Waals surface area contributed by atoms with Crippen LogP contribution in [0.15, 0.2) is 30.3 Å². The van der Waals surface area contributed by atoms with E-state index in [1.54, 1.807) is 11.8 Å². The molecule has 0 radical (unpaired) electrons. The lowest BCUT2D eigenvalue weighted by molar-refractivity contribution is -0.138. The number of amides is 2. The molecule has 0 aromatic heterocycles. The molecule has 1 atom stereocenters. The standard InChI is InChI=1S/C17H26N4O2/c1-3-19-15(22)13-20-9-11-21(12-10-20)16(23)17(2,18)14-7-5-4-6-8-14/h4-8H,3,9-13,18H2,1-2H3,(H,19,22). The molecule has 1 saturated heterocycles. The van der Waals surface area contributed by atoms with Crippen molar-refractivity contribution >= 4 is 11.8 Å². The Labute approximate surface area is 137 Å². The van der Waals surface area contributed by atoms with E-state index in [0.29, 0.717) is 39.3 Å². The van der Waals surface area contributed by atoms with E-state index in [-0.39, 0.29) is 11.8 Å². The van der Waals surface area contributed by atoms with Crippen LogP contribution in [0.25, 0.3) is 0 Å². The zero-order valence-corrected chi connectivity index (χ0v) is 13.9. The van der Waals surface area contributed by atoms with E-state index in [0.717, 1.165) is 5.56 Å². The maximum absolute atomic E-state index is 12.8. The van der Waals surface area contributed by atoms with Gasteiger partial charge in [-0.2, -0.15) is 0 Å². The van der Waals surface area contributed by atoms with E-state index >= 15 is 0 Å². The predicted octanol–water partition coefficient (Wildman–Crippen LogP) is 0.141. The molecule has 1 aromatic rings. The third-order valence-corrected chi connectivity index (χ3v) is 4.22. The van der Waals surface area contributed by atoms with E-state index in [9.17, 15) is 9.59 Å². The normalized spacial score (nSPS) is 18.3. The summed E-state index contributed by atoms with van der Waals surface area (Å²) in [6.45, 7) is 7.25. The highest BCUT2D eigenvalue weighted by atomic mass is 16.2. The molecule has 6 heteroatoms. The van der Waals surface area contributed by atoms with Gasteiger partial charge in [0.25, 0.3) is 0 Å². The molecule has 1 aromatic carbocycles. The summed E-state index contributed by atoms with van der Waals surface area (Å²) in [5, 5.41) is 2.79. The van der Waals surface area contributed by atoms with Crippen LogP contribution < -0.4 is 11.1 Å². The second-order valence-corrected chi connectivity index (χ2v) is 6.09. The lowest BCUT2D eigenvalue weighted by Crippen LogP contribution is -2.57. The third-order valence-electron chi connectivity index (χ3n) is 4.22. The number of benzene rings is 1. The molecular weight excluding hydrogens is 292 g/mol. The van der Waals surface area contributed by atoms with Gasteiger partial charge in [0.1, 0.15) is 5.54 Å². The highest BCUT2D eigenvalue weighted by molar-refractivity contribution is 5.87. The van der Waals surface area contributed by atoms with Gasteiger partial charge in [0.2, 0.25) is 11.8 Å². The zero-order chi connectivity index (χ0) is 16.9. The molecule has 6 nitrogen and oxygen atoms in total. The van der Waals surface area contributed by atoms with Crippen molar-refractivity contribution in [1.29, 1.82) is 0 Å². The number of nitrogens with zero attached hydrogens (tertiary/aromatic N) is 2.